The van der Waals surface area contributed by atoms with Gasteiger partial charge >= 0.3 is 5.97 Å². The lowest BCUT2D eigenvalue weighted by atomic mass is 10.1. The molecule has 0 radical (unpaired) electrons. The van der Waals surface area contributed by atoms with Crippen LogP contribution in [-0.2, 0) is 10.0 Å². The Balaban J connectivity index is 1.93. The molecule has 0 aliphatic carbocycles. The van der Waals surface area contributed by atoms with Gasteiger partial charge in [0.05, 0.1) is 16.5 Å². The van der Waals surface area contributed by atoms with E-state index in [0.29, 0.717) is 6.54 Å². The van der Waals surface area contributed by atoms with Gasteiger partial charge in [0.15, 0.2) is 0 Å². The fourth-order valence-corrected chi connectivity index (χ4v) is 4.62. The van der Waals surface area contributed by atoms with Crippen LogP contribution < -0.4 is 0 Å². The third-order valence-electron chi connectivity index (χ3n) is 4.10. The fourth-order valence-electron chi connectivity index (χ4n) is 2.94. The zero-order valence-corrected chi connectivity index (χ0v) is 13.2. The highest BCUT2D eigenvalue weighted by atomic mass is 32.2. The maximum absolute atomic E-state index is 12.9. The summed E-state index contributed by atoms with van der Waals surface area (Å²) in [5.74, 6) is -1.07. The molecule has 1 saturated heterocycles. The largest absolute Gasteiger partial charge is 0.478 e. The Morgan fingerprint density at radius 1 is 1.04 bits per heavy atom. The van der Waals surface area contributed by atoms with Crippen LogP contribution in [0.5, 0.6) is 0 Å². The molecular formula is C17H17NO4S. The van der Waals surface area contributed by atoms with Gasteiger partial charge in [0.25, 0.3) is 0 Å². The minimum atomic E-state index is -3.64. The monoisotopic (exact) mass is 331 g/mol. The Morgan fingerprint density at radius 2 is 1.70 bits per heavy atom. The summed E-state index contributed by atoms with van der Waals surface area (Å²) in [6.07, 6.45) is 1.60. The predicted molar refractivity (Wildman–Crippen MR) is 85.7 cm³/mol. The lowest BCUT2D eigenvalue weighted by Gasteiger charge is -2.24. The van der Waals surface area contributed by atoms with Crippen LogP contribution in [0, 0.1) is 0 Å². The fraction of sp³-hybridized carbons (Fsp3) is 0.235. The Bertz CT molecular complexity index is 800. The van der Waals surface area contributed by atoms with Crippen LogP contribution in [-0.4, -0.2) is 30.3 Å². The van der Waals surface area contributed by atoms with Gasteiger partial charge in [-0.05, 0) is 42.7 Å². The van der Waals surface area contributed by atoms with Gasteiger partial charge in [-0.1, -0.05) is 30.3 Å². The van der Waals surface area contributed by atoms with Crippen LogP contribution in [0.15, 0.2) is 59.5 Å². The van der Waals surface area contributed by atoms with Crippen LogP contribution in [0.1, 0.15) is 34.8 Å². The summed E-state index contributed by atoms with van der Waals surface area (Å²) in [4.78, 5) is 11.0. The number of benzene rings is 2. The molecule has 1 N–H and O–H groups in total. The number of carboxylic acid groups (broad SMARTS) is 1. The van der Waals surface area contributed by atoms with Crippen molar-refractivity contribution in [2.75, 3.05) is 6.54 Å². The second-order valence-corrected chi connectivity index (χ2v) is 7.40. The Hall–Kier alpha value is -2.18. The molecular weight excluding hydrogens is 314 g/mol. The number of carbonyl (C=O) groups is 1. The van der Waals surface area contributed by atoms with Crippen molar-refractivity contribution in [3.63, 3.8) is 0 Å². The standard InChI is InChI=1S/C17H17NO4S/c19-17(20)14-8-10-15(11-9-14)23(21,22)18-12-4-7-16(18)13-5-2-1-3-6-13/h1-3,5-6,8-11,16H,4,7,12H2,(H,19,20). The molecule has 1 aliphatic rings. The molecule has 1 aliphatic heterocycles. The van der Waals surface area contributed by atoms with Gasteiger partial charge in [0.1, 0.15) is 0 Å². The zero-order chi connectivity index (χ0) is 16.4. The van der Waals surface area contributed by atoms with E-state index < -0.39 is 16.0 Å². The second-order valence-electron chi connectivity index (χ2n) is 5.51. The van der Waals surface area contributed by atoms with Gasteiger partial charge in [-0.3, -0.25) is 0 Å². The lowest BCUT2D eigenvalue weighted by Crippen LogP contribution is -2.30. The Kier molecular flexibility index (Phi) is 4.19. The van der Waals surface area contributed by atoms with E-state index in [1.807, 2.05) is 30.3 Å². The molecule has 2 aromatic rings. The molecule has 0 aromatic heterocycles. The van der Waals surface area contributed by atoms with Gasteiger partial charge in [-0.15, -0.1) is 0 Å². The molecule has 1 unspecified atom stereocenters. The third-order valence-corrected chi connectivity index (χ3v) is 6.02. The van der Waals surface area contributed by atoms with Gasteiger partial charge in [0, 0.05) is 6.54 Å². The number of aromatic carboxylic acids is 1. The number of rotatable bonds is 4. The number of hydrogen-bond acceptors (Lipinski definition) is 3. The summed E-state index contributed by atoms with van der Waals surface area (Å²) in [6, 6.07) is 14.8. The maximum Gasteiger partial charge on any atom is 0.335 e. The van der Waals surface area contributed by atoms with E-state index in [1.165, 1.54) is 28.6 Å². The van der Waals surface area contributed by atoms with E-state index in [1.54, 1.807) is 0 Å². The SMILES string of the molecule is O=C(O)c1ccc(S(=O)(=O)N2CCCC2c2ccccc2)cc1. The first-order chi connectivity index (χ1) is 11.0. The lowest BCUT2D eigenvalue weighted by molar-refractivity contribution is 0.0696. The van der Waals surface area contributed by atoms with Crippen LogP contribution in [0.2, 0.25) is 0 Å². The van der Waals surface area contributed by atoms with Crippen molar-refractivity contribution in [1.29, 1.82) is 0 Å². The minimum absolute atomic E-state index is 0.0741. The molecule has 2 aromatic carbocycles. The number of carboxylic acids is 1. The highest BCUT2D eigenvalue weighted by Gasteiger charge is 2.36. The van der Waals surface area contributed by atoms with E-state index in [0.717, 1.165) is 18.4 Å². The van der Waals surface area contributed by atoms with E-state index in [9.17, 15) is 13.2 Å². The summed E-state index contributed by atoms with van der Waals surface area (Å²) < 4.78 is 27.3. The molecule has 1 heterocycles. The van der Waals surface area contributed by atoms with Crippen LogP contribution >= 0.6 is 0 Å². The first-order valence-electron chi connectivity index (χ1n) is 7.40. The summed E-state index contributed by atoms with van der Waals surface area (Å²) in [5.41, 5.74) is 1.06. The van der Waals surface area contributed by atoms with Gasteiger partial charge in [-0.25, -0.2) is 13.2 Å². The first-order valence-corrected chi connectivity index (χ1v) is 8.84. The van der Waals surface area contributed by atoms with Crippen LogP contribution in [0.4, 0.5) is 0 Å². The van der Waals surface area contributed by atoms with Crippen molar-refractivity contribution in [2.45, 2.75) is 23.8 Å². The molecule has 0 amide bonds. The topological polar surface area (TPSA) is 74.7 Å². The van der Waals surface area contributed by atoms with Crippen LogP contribution in [0.25, 0.3) is 0 Å². The number of hydrogen-bond donors (Lipinski definition) is 1. The summed E-state index contributed by atoms with van der Waals surface area (Å²) in [6.45, 7) is 0.475. The Morgan fingerprint density at radius 3 is 2.30 bits per heavy atom. The van der Waals surface area contributed by atoms with Gasteiger partial charge in [-0.2, -0.15) is 4.31 Å². The summed E-state index contributed by atoms with van der Waals surface area (Å²) >= 11 is 0. The predicted octanol–water partition coefficient (Wildman–Crippen LogP) is 2.91. The molecule has 1 fully saturated rings. The average molecular weight is 331 g/mol. The van der Waals surface area contributed by atoms with Crippen molar-refractivity contribution >= 4 is 16.0 Å². The van der Waals surface area contributed by atoms with Crippen molar-refractivity contribution in [3.05, 3.63) is 65.7 Å². The highest BCUT2D eigenvalue weighted by Crippen LogP contribution is 2.36. The highest BCUT2D eigenvalue weighted by molar-refractivity contribution is 7.89. The first kappa shape index (κ1) is 15.7. The maximum atomic E-state index is 12.9. The van der Waals surface area contributed by atoms with E-state index in [-0.39, 0.29) is 16.5 Å². The van der Waals surface area contributed by atoms with Crippen molar-refractivity contribution in [3.8, 4) is 0 Å². The summed E-state index contributed by atoms with van der Waals surface area (Å²) in [5, 5.41) is 8.92. The second kappa shape index (κ2) is 6.14. The molecule has 1 atom stereocenters. The molecule has 3 rings (SSSR count). The summed E-state index contributed by atoms with van der Waals surface area (Å²) in [7, 11) is -3.64. The van der Waals surface area contributed by atoms with Gasteiger partial charge < -0.3 is 5.11 Å². The zero-order valence-electron chi connectivity index (χ0n) is 12.4. The quantitative estimate of drug-likeness (QED) is 0.935. The van der Waals surface area contributed by atoms with E-state index >= 15 is 0 Å². The smallest absolute Gasteiger partial charge is 0.335 e. The molecule has 0 saturated carbocycles. The number of nitrogens with zero attached hydrogens (tertiary/aromatic N) is 1. The van der Waals surface area contributed by atoms with E-state index in [2.05, 4.69) is 0 Å². The third kappa shape index (κ3) is 3.00. The molecule has 6 heteroatoms. The average Bonchev–Trinajstić information content (AvgIpc) is 3.06. The normalized spacial score (nSPS) is 18.9. The minimum Gasteiger partial charge on any atom is -0.478 e. The number of sulfonamides is 1. The molecule has 0 bridgehead atoms. The molecule has 0 spiro atoms. The molecule has 120 valence electrons. The van der Waals surface area contributed by atoms with E-state index in [4.69, 9.17) is 5.11 Å². The van der Waals surface area contributed by atoms with Crippen LogP contribution in [0.3, 0.4) is 0 Å². The Labute approximate surface area is 135 Å². The van der Waals surface area contributed by atoms with Crippen molar-refractivity contribution < 1.29 is 18.3 Å². The van der Waals surface area contributed by atoms with Crippen molar-refractivity contribution in [2.24, 2.45) is 0 Å². The molecule has 23 heavy (non-hydrogen) atoms. The molecule has 5 nitrogen and oxygen atoms in total. The van der Waals surface area contributed by atoms with Gasteiger partial charge in [0.2, 0.25) is 10.0 Å². The van der Waals surface area contributed by atoms with Crippen molar-refractivity contribution in [1.82, 2.24) is 4.31 Å².